The van der Waals surface area contributed by atoms with E-state index in [0.29, 0.717) is 10.0 Å². The number of primary amides is 1. The number of benzene rings is 1. The van der Waals surface area contributed by atoms with Gasteiger partial charge in [0.15, 0.2) is 0 Å². The Kier molecular flexibility index (Phi) is 4.90. The molecule has 0 aliphatic carbocycles. The molecule has 1 atom stereocenters. The molecular formula is C12H13BrN2O2. The number of nitrogens with one attached hydrogen (secondary N) is 1. The number of hydrogen-bond acceptors (Lipinski definition) is 2. The molecule has 0 spiro atoms. The van der Waals surface area contributed by atoms with Crippen LogP contribution in [0.1, 0.15) is 16.8 Å². The third kappa shape index (κ3) is 4.40. The number of hydrogen-bond donors (Lipinski definition) is 2. The Balaban J connectivity index is 2.71. The van der Waals surface area contributed by atoms with Gasteiger partial charge in [0.1, 0.15) is 6.04 Å². The first kappa shape index (κ1) is 13.4. The molecule has 0 aliphatic rings. The highest BCUT2D eigenvalue weighted by molar-refractivity contribution is 9.11. The van der Waals surface area contributed by atoms with Crippen molar-refractivity contribution in [2.45, 2.75) is 12.5 Å². The average Bonchev–Trinajstić information content (AvgIpc) is 2.28. The second-order valence-corrected chi connectivity index (χ2v) is 4.64. The zero-order chi connectivity index (χ0) is 12.8. The van der Waals surface area contributed by atoms with Gasteiger partial charge in [-0.3, -0.25) is 9.59 Å². The molecule has 1 aromatic rings. The van der Waals surface area contributed by atoms with Crippen LogP contribution in [-0.2, 0) is 4.79 Å². The maximum Gasteiger partial charge on any atom is 0.251 e. The molecule has 0 saturated carbocycles. The Morgan fingerprint density at radius 2 is 1.94 bits per heavy atom. The van der Waals surface area contributed by atoms with E-state index in [2.05, 4.69) is 27.8 Å². The molecule has 0 radical (unpaired) electrons. The van der Waals surface area contributed by atoms with Gasteiger partial charge in [0.2, 0.25) is 5.91 Å². The Hall–Kier alpha value is -1.62. The SMILES string of the molecule is C=C(Br)C[C@H](NC(=O)c1ccccc1)C(N)=O. The molecule has 2 amide bonds. The number of carbonyl (C=O) groups excluding carboxylic acids is 2. The van der Waals surface area contributed by atoms with Gasteiger partial charge in [0.05, 0.1) is 0 Å². The molecule has 0 heterocycles. The van der Waals surface area contributed by atoms with Crippen LogP contribution in [0.2, 0.25) is 0 Å². The summed E-state index contributed by atoms with van der Waals surface area (Å²) in [4.78, 5) is 22.9. The lowest BCUT2D eigenvalue weighted by Crippen LogP contribution is -2.44. The number of nitrogens with two attached hydrogens (primary N) is 1. The summed E-state index contributed by atoms with van der Waals surface area (Å²) in [7, 11) is 0. The zero-order valence-corrected chi connectivity index (χ0v) is 10.7. The molecule has 5 heteroatoms. The molecular weight excluding hydrogens is 284 g/mol. The van der Waals surface area contributed by atoms with Crippen LogP contribution in [0.3, 0.4) is 0 Å². The lowest BCUT2D eigenvalue weighted by Gasteiger charge is -2.14. The topological polar surface area (TPSA) is 72.2 Å². The standard InChI is InChI=1S/C12H13BrN2O2/c1-8(13)7-10(11(14)16)15-12(17)9-5-3-2-4-6-9/h2-6,10H,1,7H2,(H2,14,16)(H,15,17)/t10-/m0/s1. The van der Waals surface area contributed by atoms with Gasteiger partial charge in [-0.25, -0.2) is 0 Å². The van der Waals surface area contributed by atoms with Crippen molar-refractivity contribution in [3.05, 3.63) is 47.0 Å². The van der Waals surface area contributed by atoms with Crippen LogP contribution < -0.4 is 11.1 Å². The molecule has 0 unspecified atom stereocenters. The minimum absolute atomic E-state index is 0.272. The minimum atomic E-state index is -0.755. The van der Waals surface area contributed by atoms with Crippen LogP contribution in [0.5, 0.6) is 0 Å². The Labute approximate surface area is 108 Å². The van der Waals surface area contributed by atoms with Crippen molar-refractivity contribution in [1.29, 1.82) is 0 Å². The fraction of sp³-hybridized carbons (Fsp3) is 0.167. The first-order valence-corrected chi connectivity index (χ1v) is 5.78. The Bertz CT molecular complexity index is 431. The predicted molar refractivity (Wildman–Crippen MR) is 69.6 cm³/mol. The van der Waals surface area contributed by atoms with Crippen molar-refractivity contribution in [2.24, 2.45) is 5.73 Å². The Morgan fingerprint density at radius 3 is 2.41 bits per heavy atom. The number of amides is 2. The van der Waals surface area contributed by atoms with Gasteiger partial charge in [-0.2, -0.15) is 0 Å². The van der Waals surface area contributed by atoms with Gasteiger partial charge >= 0.3 is 0 Å². The smallest absolute Gasteiger partial charge is 0.251 e. The second-order valence-electron chi connectivity index (χ2n) is 3.52. The van der Waals surface area contributed by atoms with Crippen molar-refractivity contribution in [3.63, 3.8) is 0 Å². The van der Waals surface area contributed by atoms with Crippen LogP contribution >= 0.6 is 15.9 Å². The number of rotatable bonds is 5. The van der Waals surface area contributed by atoms with Gasteiger partial charge in [0, 0.05) is 12.0 Å². The van der Waals surface area contributed by atoms with E-state index in [4.69, 9.17) is 5.73 Å². The Morgan fingerprint density at radius 1 is 1.35 bits per heavy atom. The van der Waals surface area contributed by atoms with Crippen molar-refractivity contribution in [1.82, 2.24) is 5.32 Å². The summed E-state index contributed by atoms with van der Waals surface area (Å²) < 4.78 is 0.606. The zero-order valence-electron chi connectivity index (χ0n) is 9.15. The van der Waals surface area contributed by atoms with Gasteiger partial charge in [-0.15, -0.1) is 0 Å². The minimum Gasteiger partial charge on any atom is -0.368 e. The van der Waals surface area contributed by atoms with Crippen LogP contribution in [0.4, 0.5) is 0 Å². The summed E-state index contributed by atoms with van der Waals surface area (Å²) in [5.74, 6) is -0.918. The summed E-state index contributed by atoms with van der Waals surface area (Å²) >= 11 is 3.14. The molecule has 4 nitrogen and oxygen atoms in total. The highest BCUT2D eigenvalue weighted by atomic mass is 79.9. The quantitative estimate of drug-likeness (QED) is 0.866. The lowest BCUT2D eigenvalue weighted by atomic mass is 10.1. The molecule has 0 bridgehead atoms. The van der Waals surface area contributed by atoms with E-state index >= 15 is 0 Å². The van der Waals surface area contributed by atoms with Gasteiger partial charge in [0.25, 0.3) is 5.91 Å². The maximum absolute atomic E-state index is 11.8. The first-order chi connectivity index (χ1) is 8.00. The van der Waals surface area contributed by atoms with E-state index in [-0.39, 0.29) is 12.3 Å². The van der Waals surface area contributed by atoms with Crippen LogP contribution in [-0.4, -0.2) is 17.9 Å². The predicted octanol–water partition coefficient (Wildman–Crippen LogP) is 1.57. The van der Waals surface area contributed by atoms with Crippen molar-refractivity contribution in [2.75, 3.05) is 0 Å². The highest BCUT2D eigenvalue weighted by Gasteiger charge is 2.18. The molecule has 17 heavy (non-hydrogen) atoms. The average molecular weight is 297 g/mol. The van der Waals surface area contributed by atoms with Crippen LogP contribution in [0, 0.1) is 0 Å². The third-order valence-electron chi connectivity index (χ3n) is 2.11. The summed E-state index contributed by atoms with van der Waals surface area (Å²) in [6.07, 6.45) is 0.272. The lowest BCUT2D eigenvalue weighted by molar-refractivity contribution is -0.119. The normalized spacial score (nSPS) is 11.6. The van der Waals surface area contributed by atoms with Gasteiger partial charge in [-0.1, -0.05) is 40.7 Å². The summed E-state index contributed by atoms with van der Waals surface area (Å²) in [5, 5.41) is 2.56. The fourth-order valence-electron chi connectivity index (χ4n) is 1.28. The molecule has 90 valence electrons. The summed E-state index contributed by atoms with van der Waals surface area (Å²) in [5.41, 5.74) is 5.68. The number of carbonyl (C=O) groups is 2. The van der Waals surface area contributed by atoms with E-state index in [1.165, 1.54) is 0 Å². The van der Waals surface area contributed by atoms with Crippen molar-refractivity contribution in [3.8, 4) is 0 Å². The molecule has 1 aromatic carbocycles. The largest absolute Gasteiger partial charge is 0.368 e. The summed E-state index contributed by atoms with van der Waals surface area (Å²) in [6, 6.07) is 7.87. The molecule has 0 aliphatic heterocycles. The molecule has 3 N–H and O–H groups in total. The highest BCUT2D eigenvalue weighted by Crippen LogP contribution is 2.10. The first-order valence-electron chi connectivity index (χ1n) is 4.99. The van der Waals surface area contributed by atoms with Gasteiger partial charge < -0.3 is 11.1 Å². The fourth-order valence-corrected chi connectivity index (χ4v) is 1.60. The number of halogens is 1. The second kappa shape index (κ2) is 6.20. The molecule has 0 aromatic heterocycles. The monoisotopic (exact) mass is 296 g/mol. The molecule has 0 fully saturated rings. The summed E-state index contributed by atoms with van der Waals surface area (Å²) in [6.45, 7) is 3.61. The molecule has 0 saturated heterocycles. The van der Waals surface area contributed by atoms with E-state index < -0.39 is 11.9 Å². The van der Waals surface area contributed by atoms with Crippen molar-refractivity contribution >= 4 is 27.7 Å². The third-order valence-corrected chi connectivity index (χ3v) is 2.43. The van der Waals surface area contributed by atoms with E-state index in [9.17, 15) is 9.59 Å². The van der Waals surface area contributed by atoms with Crippen LogP contribution in [0.15, 0.2) is 41.4 Å². The molecule has 1 rings (SSSR count). The van der Waals surface area contributed by atoms with E-state index in [1.807, 2.05) is 6.07 Å². The van der Waals surface area contributed by atoms with E-state index in [0.717, 1.165) is 0 Å². The van der Waals surface area contributed by atoms with Gasteiger partial charge in [-0.05, 0) is 16.6 Å². The van der Waals surface area contributed by atoms with E-state index in [1.54, 1.807) is 24.3 Å². The van der Waals surface area contributed by atoms with Crippen LogP contribution in [0.25, 0.3) is 0 Å². The maximum atomic E-state index is 11.8. The van der Waals surface area contributed by atoms with Crippen molar-refractivity contribution < 1.29 is 9.59 Å².